The van der Waals surface area contributed by atoms with Crippen molar-refractivity contribution in [3.8, 4) is 5.75 Å². The van der Waals surface area contributed by atoms with Crippen LogP contribution in [-0.2, 0) is 9.53 Å². The Hall–Kier alpha value is -2.22. The summed E-state index contributed by atoms with van der Waals surface area (Å²) in [7, 11) is 0. The number of nitro groups is 1. The number of hydrogen-bond donors (Lipinski definition) is 1. The molecule has 1 aromatic carbocycles. The molecule has 0 saturated carbocycles. The van der Waals surface area contributed by atoms with Gasteiger partial charge >= 0.3 is 11.7 Å². The molecule has 0 radical (unpaired) electrons. The number of esters is 1. The molecule has 0 aliphatic heterocycles. The summed E-state index contributed by atoms with van der Waals surface area (Å²) < 4.78 is 22.8. The summed E-state index contributed by atoms with van der Waals surface area (Å²) in [6.45, 7) is 1.85. The zero-order valence-corrected chi connectivity index (χ0v) is 10.9. The summed E-state index contributed by atoms with van der Waals surface area (Å²) in [6, 6.07) is 2.10. The minimum atomic E-state index is -0.866. The molecule has 0 amide bonds. The first kappa shape index (κ1) is 15.8. The zero-order valence-electron chi connectivity index (χ0n) is 10.9. The summed E-state index contributed by atoms with van der Waals surface area (Å²) >= 11 is 0. The summed E-state index contributed by atoms with van der Waals surface area (Å²) in [5, 5.41) is 10.7. The van der Waals surface area contributed by atoms with E-state index in [0.717, 1.165) is 18.2 Å². The molecule has 0 aliphatic carbocycles. The van der Waals surface area contributed by atoms with Crippen molar-refractivity contribution < 1.29 is 23.6 Å². The van der Waals surface area contributed by atoms with Crippen molar-refractivity contribution in [3.63, 3.8) is 0 Å². The minimum absolute atomic E-state index is 0.0214. The van der Waals surface area contributed by atoms with Crippen LogP contribution < -0.4 is 10.5 Å². The van der Waals surface area contributed by atoms with Gasteiger partial charge in [-0.3, -0.25) is 14.9 Å². The van der Waals surface area contributed by atoms with Gasteiger partial charge in [0.1, 0.15) is 11.9 Å². The Labute approximate surface area is 114 Å². The average Bonchev–Trinajstić information content (AvgIpc) is 2.40. The highest BCUT2D eigenvalue weighted by Crippen LogP contribution is 2.27. The van der Waals surface area contributed by atoms with E-state index in [9.17, 15) is 19.3 Å². The summed E-state index contributed by atoms with van der Waals surface area (Å²) in [4.78, 5) is 21.2. The second kappa shape index (κ2) is 7.39. The van der Waals surface area contributed by atoms with Crippen LogP contribution in [0.3, 0.4) is 0 Å². The van der Waals surface area contributed by atoms with E-state index in [-0.39, 0.29) is 25.4 Å². The van der Waals surface area contributed by atoms with Gasteiger partial charge < -0.3 is 15.2 Å². The van der Waals surface area contributed by atoms with Crippen LogP contribution in [0.4, 0.5) is 10.1 Å². The molecule has 1 aromatic rings. The van der Waals surface area contributed by atoms with E-state index in [1.807, 2.05) is 0 Å². The second-order valence-electron chi connectivity index (χ2n) is 3.86. The Balaban J connectivity index is 2.58. The largest absolute Gasteiger partial charge is 0.487 e. The predicted octanol–water partition coefficient (Wildman–Crippen LogP) is 1.39. The third-order valence-electron chi connectivity index (χ3n) is 2.39. The fourth-order valence-corrected chi connectivity index (χ4v) is 1.42. The summed E-state index contributed by atoms with van der Waals surface area (Å²) in [5.41, 5.74) is 5.06. The molecular weight excluding hydrogens is 271 g/mol. The van der Waals surface area contributed by atoms with Crippen molar-refractivity contribution in [2.24, 2.45) is 5.73 Å². The molecule has 7 nitrogen and oxygen atoms in total. The fourth-order valence-electron chi connectivity index (χ4n) is 1.42. The number of benzene rings is 1. The zero-order chi connectivity index (χ0) is 15.1. The van der Waals surface area contributed by atoms with Gasteiger partial charge in [0.25, 0.3) is 0 Å². The van der Waals surface area contributed by atoms with Crippen LogP contribution >= 0.6 is 0 Å². The molecule has 1 rings (SSSR count). The number of nitrogens with zero attached hydrogens (tertiary/aromatic N) is 1. The number of ether oxygens (including phenoxy) is 2. The van der Waals surface area contributed by atoms with Crippen LogP contribution in [0.2, 0.25) is 0 Å². The fraction of sp³-hybridized carbons (Fsp3) is 0.417. The third kappa shape index (κ3) is 4.47. The molecule has 0 bridgehead atoms. The maximum Gasteiger partial charge on any atom is 0.323 e. The van der Waals surface area contributed by atoms with Crippen molar-refractivity contribution in [3.05, 3.63) is 34.1 Å². The van der Waals surface area contributed by atoms with Crippen molar-refractivity contribution in [2.45, 2.75) is 19.4 Å². The van der Waals surface area contributed by atoms with Gasteiger partial charge in [-0.15, -0.1) is 0 Å². The second-order valence-corrected chi connectivity index (χ2v) is 3.86. The molecule has 1 unspecified atom stereocenters. The first-order valence-electron chi connectivity index (χ1n) is 5.94. The Kier molecular flexibility index (Phi) is 5.85. The number of nitro benzene ring substituents is 1. The number of rotatable bonds is 7. The van der Waals surface area contributed by atoms with E-state index in [4.69, 9.17) is 15.2 Å². The molecule has 20 heavy (non-hydrogen) atoms. The molecule has 8 heteroatoms. The number of halogens is 1. The van der Waals surface area contributed by atoms with E-state index in [1.165, 1.54) is 0 Å². The maximum atomic E-state index is 12.9. The Morgan fingerprint density at radius 3 is 2.85 bits per heavy atom. The van der Waals surface area contributed by atoms with Gasteiger partial charge in [0.05, 0.1) is 24.2 Å². The van der Waals surface area contributed by atoms with Crippen molar-refractivity contribution in [1.29, 1.82) is 0 Å². The summed E-state index contributed by atoms with van der Waals surface area (Å²) in [5.74, 6) is -1.37. The Morgan fingerprint density at radius 1 is 1.55 bits per heavy atom. The normalized spacial score (nSPS) is 11.8. The highest BCUT2D eigenvalue weighted by Gasteiger charge is 2.18. The van der Waals surface area contributed by atoms with Gasteiger partial charge in [-0.05, 0) is 19.1 Å². The Morgan fingerprint density at radius 2 is 2.25 bits per heavy atom. The lowest BCUT2D eigenvalue weighted by Gasteiger charge is -2.11. The lowest BCUT2D eigenvalue weighted by atomic mass is 10.2. The van der Waals surface area contributed by atoms with E-state index >= 15 is 0 Å². The molecule has 0 spiro atoms. The first-order chi connectivity index (χ1) is 9.45. The molecule has 110 valence electrons. The van der Waals surface area contributed by atoms with E-state index in [0.29, 0.717) is 0 Å². The number of carbonyl (C=O) groups excluding carboxylic acids is 1. The van der Waals surface area contributed by atoms with Gasteiger partial charge in [-0.1, -0.05) is 0 Å². The molecule has 0 saturated heterocycles. The molecule has 1 atom stereocenters. The van der Waals surface area contributed by atoms with E-state index < -0.39 is 28.4 Å². The van der Waals surface area contributed by atoms with Crippen LogP contribution in [-0.4, -0.2) is 30.1 Å². The van der Waals surface area contributed by atoms with Gasteiger partial charge in [0.15, 0.2) is 5.75 Å². The quantitative estimate of drug-likeness (QED) is 0.461. The van der Waals surface area contributed by atoms with Crippen molar-refractivity contribution >= 4 is 11.7 Å². The smallest absolute Gasteiger partial charge is 0.323 e. The lowest BCUT2D eigenvalue weighted by molar-refractivity contribution is -0.386. The van der Waals surface area contributed by atoms with Crippen LogP contribution in [0, 0.1) is 15.9 Å². The van der Waals surface area contributed by atoms with Gasteiger partial charge in [-0.2, -0.15) is 0 Å². The highest BCUT2D eigenvalue weighted by atomic mass is 19.1. The molecular formula is C12H15FN2O5. The predicted molar refractivity (Wildman–Crippen MR) is 67.8 cm³/mol. The van der Waals surface area contributed by atoms with Crippen LogP contribution in [0.25, 0.3) is 0 Å². The topological polar surface area (TPSA) is 105 Å². The average molecular weight is 286 g/mol. The van der Waals surface area contributed by atoms with E-state index in [2.05, 4.69) is 0 Å². The number of carbonyl (C=O) groups is 1. The van der Waals surface area contributed by atoms with Crippen molar-refractivity contribution in [1.82, 2.24) is 0 Å². The SMILES string of the molecule is CCOC(=O)C(N)CCOc1ccc(F)cc1[N+](=O)[O-]. The van der Waals surface area contributed by atoms with Gasteiger partial charge in [-0.25, -0.2) is 4.39 Å². The van der Waals surface area contributed by atoms with Crippen LogP contribution in [0.1, 0.15) is 13.3 Å². The number of nitrogens with two attached hydrogens (primary N) is 1. The van der Waals surface area contributed by atoms with E-state index in [1.54, 1.807) is 6.92 Å². The summed E-state index contributed by atoms with van der Waals surface area (Å²) in [6.07, 6.45) is 0.132. The number of hydrogen-bond acceptors (Lipinski definition) is 6. The molecule has 0 aromatic heterocycles. The highest BCUT2D eigenvalue weighted by molar-refractivity contribution is 5.75. The Bertz CT molecular complexity index is 495. The lowest BCUT2D eigenvalue weighted by Crippen LogP contribution is -2.33. The molecule has 0 fully saturated rings. The molecule has 0 aliphatic rings. The van der Waals surface area contributed by atoms with Gasteiger partial charge in [0.2, 0.25) is 0 Å². The molecule has 0 heterocycles. The minimum Gasteiger partial charge on any atom is -0.487 e. The van der Waals surface area contributed by atoms with Crippen LogP contribution in [0.5, 0.6) is 5.75 Å². The molecule has 2 N–H and O–H groups in total. The standard InChI is InChI=1S/C12H15FN2O5/c1-2-19-12(16)9(14)5-6-20-11-4-3-8(13)7-10(11)15(17)18/h3-4,7,9H,2,5-6,14H2,1H3. The first-order valence-corrected chi connectivity index (χ1v) is 5.94. The van der Waals surface area contributed by atoms with Crippen molar-refractivity contribution in [2.75, 3.05) is 13.2 Å². The third-order valence-corrected chi connectivity index (χ3v) is 2.39. The maximum absolute atomic E-state index is 12.9. The van der Waals surface area contributed by atoms with Gasteiger partial charge in [0, 0.05) is 6.42 Å². The van der Waals surface area contributed by atoms with Crippen LogP contribution in [0.15, 0.2) is 18.2 Å². The monoisotopic (exact) mass is 286 g/mol.